The number of halogens is 1. The van der Waals surface area contributed by atoms with Crippen LogP contribution in [0.3, 0.4) is 0 Å². The molecule has 19 heavy (non-hydrogen) atoms. The highest BCUT2D eigenvalue weighted by molar-refractivity contribution is 6.33. The Balaban J connectivity index is 1.89. The summed E-state index contributed by atoms with van der Waals surface area (Å²) in [5, 5.41) is 0.692. The molecule has 3 heteroatoms. The zero-order valence-corrected chi connectivity index (χ0v) is 12.4. The van der Waals surface area contributed by atoms with E-state index in [-0.39, 0.29) is 0 Å². The van der Waals surface area contributed by atoms with Crippen LogP contribution in [0.1, 0.15) is 44.1 Å². The fourth-order valence-corrected chi connectivity index (χ4v) is 4.08. The highest BCUT2D eigenvalue weighted by Crippen LogP contribution is 2.40. The van der Waals surface area contributed by atoms with Gasteiger partial charge in [-0.1, -0.05) is 24.4 Å². The Morgan fingerprint density at radius 3 is 2.63 bits per heavy atom. The van der Waals surface area contributed by atoms with Gasteiger partial charge in [-0.15, -0.1) is 0 Å². The Hall–Kier alpha value is -0.890. The lowest BCUT2D eigenvalue weighted by Gasteiger charge is -2.32. The summed E-state index contributed by atoms with van der Waals surface area (Å²) in [5.41, 5.74) is 9.14. The van der Waals surface area contributed by atoms with Crippen LogP contribution in [0.2, 0.25) is 5.02 Å². The van der Waals surface area contributed by atoms with E-state index in [2.05, 4.69) is 17.9 Å². The number of hydrogen-bond acceptors (Lipinski definition) is 2. The van der Waals surface area contributed by atoms with Crippen LogP contribution < -0.4 is 10.6 Å². The number of anilines is 2. The summed E-state index contributed by atoms with van der Waals surface area (Å²) >= 11 is 6.22. The van der Waals surface area contributed by atoms with Crippen molar-refractivity contribution in [1.29, 1.82) is 0 Å². The third kappa shape index (κ3) is 2.43. The van der Waals surface area contributed by atoms with Crippen molar-refractivity contribution in [2.45, 2.75) is 51.5 Å². The van der Waals surface area contributed by atoms with E-state index in [1.54, 1.807) is 0 Å². The lowest BCUT2D eigenvalue weighted by Crippen LogP contribution is -2.35. The number of rotatable bonds is 2. The van der Waals surface area contributed by atoms with Crippen molar-refractivity contribution in [1.82, 2.24) is 0 Å². The van der Waals surface area contributed by atoms with Crippen LogP contribution >= 0.6 is 11.6 Å². The minimum atomic E-state index is 0.692. The molecule has 1 aromatic rings. The zero-order chi connectivity index (χ0) is 13.4. The molecule has 1 unspecified atom stereocenters. The molecular weight excluding hydrogens is 256 g/mol. The molecule has 0 spiro atoms. The molecule has 1 aliphatic carbocycles. The largest absolute Gasteiger partial charge is 0.398 e. The fraction of sp³-hybridized carbons (Fsp3) is 0.625. The van der Waals surface area contributed by atoms with Gasteiger partial charge in [-0.25, -0.2) is 0 Å². The van der Waals surface area contributed by atoms with Crippen molar-refractivity contribution >= 4 is 23.0 Å². The number of hydrogen-bond donors (Lipinski definition) is 1. The molecule has 1 saturated heterocycles. The van der Waals surface area contributed by atoms with Crippen LogP contribution in [-0.4, -0.2) is 12.6 Å². The normalized spacial score (nSPS) is 24.3. The monoisotopic (exact) mass is 278 g/mol. The molecule has 0 amide bonds. The van der Waals surface area contributed by atoms with Gasteiger partial charge in [-0.2, -0.15) is 0 Å². The Labute approximate surface area is 120 Å². The summed E-state index contributed by atoms with van der Waals surface area (Å²) in [6, 6.07) is 4.81. The Morgan fingerprint density at radius 2 is 1.89 bits per heavy atom. The molecule has 104 valence electrons. The molecule has 1 aromatic carbocycles. The molecule has 2 nitrogen and oxygen atoms in total. The standard InChI is InChI=1S/C16H23ClN2/c1-11-9-14(18)13(17)10-16(11)19-8-4-7-15(19)12-5-2-3-6-12/h9-10,12,15H,2-8,18H2,1H3. The third-order valence-corrected chi connectivity index (χ3v) is 5.20. The van der Waals surface area contributed by atoms with Gasteiger partial charge in [0, 0.05) is 18.3 Å². The first kappa shape index (κ1) is 13.1. The molecule has 2 aliphatic rings. The van der Waals surface area contributed by atoms with Crippen molar-refractivity contribution in [3.05, 3.63) is 22.7 Å². The number of benzene rings is 1. The van der Waals surface area contributed by atoms with Gasteiger partial charge in [0.05, 0.1) is 10.7 Å². The lowest BCUT2D eigenvalue weighted by molar-refractivity contribution is 0.430. The molecule has 0 bridgehead atoms. The first-order chi connectivity index (χ1) is 9.16. The predicted molar refractivity (Wildman–Crippen MR) is 82.9 cm³/mol. The maximum Gasteiger partial charge on any atom is 0.0656 e. The van der Waals surface area contributed by atoms with Gasteiger partial charge in [-0.05, 0) is 56.2 Å². The molecule has 2 N–H and O–H groups in total. The van der Waals surface area contributed by atoms with E-state index in [1.165, 1.54) is 56.3 Å². The molecular formula is C16H23ClN2. The van der Waals surface area contributed by atoms with Crippen molar-refractivity contribution < 1.29 is 0 Å². The van der Waals surface area contributed by atoms with Gasteiger partial charge in [0.25, 0.3) is 0 Å². The first-order valence-corrected chi connectivity index (χ1v) is 7.87. The van der Waals surface area contributed by atoms with Gasteiger partial charge in [-0.3, -0.25) is 0 Å². The summed E-state index contributed by atoms with van der Waals surface area (Å²) in [6.45, 7) is 3.31. The molecule has 1 saturated carbocycles. The first-order valence-electron chi connectivity index (χ1n) is 7.49. The van der Waals surface area contributed by atoms with E-state index in [4.69, 9.17) is 17.3 Å². The SMILES string of the molecule is Cc1cc(N)c(Cl)cc1N1CCCC1C1CCCC1. The fourth-order valence-electron chi connectivity index (χ4n) is 3.93. The van der Waals surface area contributed by atoms with Crippen molar-refractivity contribution in [3.8, 4) is 0 Å². The zero-order valence-electron chi connectivity index (χ0n) is 11.7. The smallest absolute Gasteiger partial charge is 0.0656 e. The van der Waals surface area contributed by atoms with Crippen LogP contribution in [0.15, 0.2) is 12.1 Å². The average molecular weight is 279 g/mol. The quantitative estimate of drug-likeness (QED) is 0.813. The molecule has 1 atom stereocenters. The van der Waals surface area contributed by atoms with E-state index in [1.807, 2.05) is 6.07 Å². The van der Waals surface area contributed by atoms with Crippen LogP contribution in [0.25, 0.3) is 0 Å². The number of aryl methyl sites for hydroxylation is 1. The van der Waals surface area contributed by atoms with Crippen molar-refractivity contribution in [2.75, 3.05) is 17.2 Å². The maximum atomic E-state index is 6.22. The molecule has 0 radical (unpaired) electrons. The molecule has 1 heterocycles. The van der Waals surface area contributed by atoms with Gasteiger partial charge < -0.3 is 10.6 Å². The van der Waals surface area contributed by atoms with Gasteiger partial charge in [0.2, 0.25) is 0 Å². The van der Waals surface area contributed by atoms with E-state index >= 15 is 0 Å². The van der Waals surface area contributed by atoms with E-state index < -0.39 is 0 Å². The summed E-state index contributed by atoms with van der Waals surface area (Å²) in [4.78, 5) is 2.59. The maximum absolute atomic E-state index is 6.22. The Bertz CT molecular complexity index is 466. The second-order valence-electron chi connectivity index (χ2n) is 6.11. The Morgan fingerprint density at radius 1 is 1.16 bits per heavy atom. The summed E-state index contributed by atoms with van der Waals surface area (Å²) in [7, 11) is 0. The van der Waals surface area contributed by atoms with Gasteiger partial charge >= 0.3 is 0 Å². The molecule has 1 aliphatic heterocycles. The average Bonchev–Trinajstić information content (AvgIpc) is 3.03. The van der Waals surface area contributed by atoms with Crippen LogP contribution in [0, 0.1) is 12.8 Å². The van der Waals surface area contributed by atoms with E-state index in [0.29, 0.717) is 10.7 Å². The number of nitrogens with two attached hydrogens (primary N) is 1. The Kier molecular flexibility index (Phi) is 3.62. The summed E-state index contributed by atoms with van der Waals surface area (Å²) < 4.78 is 0. The topological polar surface area (TPSA) is 29.3 Å². The number of nitrogens with zero attached hydrogens (tertiary/aromatic N) is 1. The highest BCUT2D eigenvalue weighted by atomic mass is 35.5. The van der Waals surface area contributed by atoms with E-state index in [0.717, 1.165) is 12.0 Å². The van der Waals surface area contributed by atoms with Crippen LogP contribution in [-0.2, 0) is 0 Å². The summed E-state index contributed by atoms with van der Waals surface area (Å²) in [6.07, 6.45) is 8.29. The minimum Gasteiger partial charge on any atom is -0.398 e. The second-order valence-corrected chi connectivity index (χ2v) is 6.51. The molecule has 0 aromatic heterocycles. The lowest BCUT2D eigenvalue weighted by atomic mass is 9.95. The van der Waals surface area contributed by atoms with Crippen LogP contribution in [0.5, 0.6) is 0 Å². The molecule has 3 rings (SSSR count). The molecule has 2 fully saturated rings. The van der Waals surface area contributed by atoms with Crippen molar-refractivity contribution in [3.63, 3.8) is 0 Å². The van der Waals surface area contributed by atoms with Crippen molar-refractivity contribution in [2.24, 2.45) is 5.92 Å². The predicted octanol–water partition coefficient (Wildman–Crippen LogP) is 4.39. The third-order valence-electron chi connectivity index (χ3n) is 4.87. The minimum absolute atomic E-state index is 0.692. The van der Waals surface area contributed by atoms with Crippen LogP contribution in [0.4, 0.5) is 11.4 Å². The van der Waals surface area contributed by atoms with Gasteiger partial charge in [0.1, 0.15) is 0 Å². The summed E-state index contributed by atoms with van der Waals surface area (Å²) in [5.74, 6) is 0.887. The van der Waals surface area contributed by atoms with E-state index in [9.17, 15) is 0 Å². The number of nitrogen functional groups attached to an aromatic ring is 1. The van der Waals surface area contributed by atoms with Gasteiger partial charge in [0.15, 0.2) is 0 Å². The second kappa shape index (κ2) is 5.24. The highest BCUT2D eigenvalue weighted by Gasteiger charge is 2.34.